The zero-order valence-electron chi connectivity index (χ0n) is 20.1. The van der Waals surface area contributed by atoms with Crippen LogP contribution in [0.15, 0.2) is 53.4 Å². The Labute approximate surface area is 202 Å². The second-order valence-electron chi connectivity index (χ2n) is 8.92. The predicted molar refractivity (Wildman–Crippen MR) is 132 cm³/mol. The average Bonchev–Trinajstić information content (AvgIpc) is 2.83. The first-order valence-corrected chi connectivity index (χ1v) is 13.1. The summed E-state index contributed by atoms with van der Waals surface area (Å²) in [5.74, 6) is 0.630. The van der Waals surface area contributed by atoms with Crippen LogP contribution >= 0.6 is 0 Å². The Morgan fingerprint density at radius 2 is 1.65 bits per heavy atom. The number of rotatable bonds is 11. The molecule has 2 aromatic rings. The number of carbonyl (C=O) groups is 1. The van der Waals surface area contributed by atoms with Crippen molar-refractivity contribution in [2.45, 2.75) is 50.1 Å². The predicted octanol–water partition coefficient (Wildman–Crippen LogP) is 3.03. The maximum atomic E-state index is 12.9. The first-order valence-electron chi connectivity index (χ1n) is 11.6. The molecule has 3 atom stereocenters. The molecule has 0 aromatic heterocycles. The second kappa shape index (κ2) is 11.7. The van der Waals surface area contributed by atoms with Crippen LogP contribution in [0.2, 0.25) is 0 Å². The number of carbonyl (C=O) groups excluding carboxylic acids is 1. The molecule has 1 heterocycles. The fraction of sp³-hybridized carbons (Fsp3) is 0.480. The Balaban J connectivity index is 1.70. The Hall–Kier alpha value is -2.62. The van der Waals surface area contributed by atoms with Crippen molar-refractivity contribution in [3.05, 3.63) is 54.1 Å². The molecule has 1 aliphatic heterocycles. The molecular weight excluding hydrogens is 454 g/mol. The van der Waals surface area contributed by atoms with Gasteiger partial charge in [-0.15, -0.1) is 0 Å². The van der Waals surface area contributed by atoms with Gasteiger partial charge in [0.1, 0.15) is 11.5 Å². The van der Waals surface area contributed by atoms with Crippen molar-refractivity contribution in [2.24, 2.45) is 11.7 Å². The highest BCUT2D eigenvalue weighted by Crippen LogP contribution is 2.24. The van der Waals surface area contributed by atoms with Crippen LogP contribution < -0.4 is 19.9 Å². The van der Waals surface area contributed by atoms with Gasteiger partial charge in [0.15, 0.2) is 0 Å². The number of sulfonamides is 1. The molecule has 0 bridgehead atoms. The van der Waals surface area contributed by atoms with Crippen LogP contribution in [0.25, 0.3) is 0 Å². The van der Waals surface area contributed by atoms with Crippen molar-refractivity contribution >= 4 is 15.9 Å². The highest BCUT2D eigenvalue weighted by atomic mass is 32.2. The van der Waals surface area contributed by atoms with Gasteiger partial charge in [-0.05, 0) is 75.2 Å². The van der Waals surface area contributed by atoms with Crippen LogP contribution in [0.4, 0.5) is 0 Å². The van der Waals surface area contributed by atoms with Crippen molar-refractivity contribution in [3.8, 4) is 11.5 Å². The van der Waals surface area contributed by atoms with Crippen LogP contribution in [0.5, 0.6) is 11.5 Å². The highest BCUT2D eigenvalue weighted by molar-refractivity contribution is 7.89. The molecule has 0 aliphatic carbocycles. The summed E-state index contributed by atoms with van der Waals surface area (Å²) >= 11 is 0. The summed E-state index contributed by atoms with van der Waals surface area (Å²) in [6.07, 6.45) is 3.46. The minimum Gasteiger partial charge on any atom is -0.497 e. The average molecular weight is 490 g/mol. The minimum absolute atomic E-state index is 0.0770. The van der Waals surface area contributed by atoms with Crippen LogP contribution in [0.1, 0.15) is 43.5 Å². The Morgan fingerprint density at radius 1 is 1.06 bits per heavy atom. The number of hydrogen-bond acceptors (Lipinski definition) is 6. The third-order valence-corrected chi connectivity index (χ3v) is 7.84. The molecule has 1 amide bonds. The molecule has 3 N–H and O–H groups in total. The normalized spacial score (nSPS) is 20.0. The molecule has 3 rings (SSSR count). The first-order chi connectivity index (χ1) is 16.2. The number of benzene rings is 2. The topological polar surface area (TPSA) is 111 Å². The fourth-order valence-electron chi connectivity index (χ4n) is 4.30. The lowest BCUT2D eigenvalue weighted by Crippen LogP contribution is -2.48. The van der Waals surface area contributed by atoms with Gasteiger partial charge in [0, 0.05) is 36.7 Å². The molecule has 1 saturated heterocycles. The lowest BCUT2D eigenvalue weighted by atomic mass is 9.95. The van der Waals surface area contributed by atoms with Crippen LogP contribution in [0.3, 0.4) is 0 Å². The van der Waals surface area contributed by atoms with Gasteiger partial charge in [0.05, 0.1) is 18.6 Å². The van der Waals surface area contributed by atoms with E-state index >= 15 is 0 Å². The van der Waals surface area contributed by atoms with E-state index in [0.29, 0.717) is 42.3 Å². The van der Waals surface area contributed by atoms with Crippen molar-refractivity contribution in [1.82, 2.24) is 9.62 Å². The maximum Gasteiger partial charge on any atom is 0.248 e. The number of nitrogens with two attached hydrogens (primary N) is 1. The Morgan fingerprint density at radius 3 is 2.21 bits per heavy atom. The van der Waals surface area contributed by atoms with Crippen LogP contribution in [0, 0.1) is 5.92 Å². The maximum absolute atomic E-state index is 12.9. The van der Waals surface area contributed by atoms with E-state index in [1.165, 1.54) is 25.7 Å². The molecule has 34 heavy (non-hydrogen) atoms. The largest absolute Gasteiger partial charge is 0.497 e. The van der Waals surface area contributed by atoms with Gasteiger partial charge in [-0.3, -0.25) is 9.69 Å². The zero-order valence-corrected chi connectivity index (χ0v) is 20.9. The molecule has 0 unspecified atom stereocenters. The van der Waals surface area contributed by atoms with Gasteiger partial charge >= 0.3 is 0 Å². The van der Waals surface area contributed by atoms with E-state index in [1.807, 2.05) is 0 Å². The molecule has 2 aromatic carbocycles. The molecule has 0 saturated carbocycles. The number of likely N-dealkylation sites (tertiary alicyclic amines) is 1. The number of piperidine rings is 1. The summed E-state index contributed by atoms with van der Waals surface area (Å²) in [6, 6.07) is 13.8. The van der Waals surface area contributed by atoms with E-state index in [9.17, 15) is 13.2 Å². The third-order valence-electron chi connectivity index (χ3n) is 6.40. The second-order valence-corrected chi connectivity index (χ2v) is 10.7. The third kappa shape index (κ3) is 6.94. The summed E-state index contributed by atoms with van der Waals surface area (Å²) < 4.78 is 39.6. The molecule has 9 heteroatoms. The van der Waals surface area contributed by atoms with Gasteiger partial charge in [0.2, 0.25) is 15.9 Å². The van der Waals surface area contributed by atoms with Crippen molar-refractivity contribution < 1.29 is 22.7 Å². The monoisotopic (exact) mass is 489 g/mol. The van der Waals surface area contributed by atoms with Crippen LogP contribution in [-0.2, 0) is 10.0 Å². The molecular formula is C25H35N3O5S. The van der Waals surface area contributed by atoms with Gasteiger partial charge in [-0.1, -0.05) is 6.42 Å². The summed E-state index contributed by atoms with van der Waals surface area (Å²) in [5, 5.41) is 0. The Kier molecular flexibility index (Phi) is 8.93. The smallest absolute Gasteiger partial charge is 0.248 e. The molecule has 186 valence electrons. The van der Waals surface area contributed by atoms with E-state index in [1.54, 1.807) is 36.4 Å². The summed E-state index contributed by atoms with van der Waals surface area (Å²) in [5.41, 5.74) is 5.71. The van der Waals surface area contributed by atoms with Crippen molar-refractivity contribution in [3.63, 3.8) is 0 Å². The van der Waals surface area contributed by atoms with E-state index in [4.69, 9.17) is 15.2 Å². The molecule has 1 fully saturated rings. The first kappa shape index (κ1) is 26.0. The van der Waals surface area contributed by atoms with Crippen LogP contribution in [-0.4, -0.2) is 58.1 Å². The number of hydrogen-bond donors (Lipinski definition) is 2. The SMILES string of the molecule is COc1ccc(S(=O)(=O)NC[C@H](COc2ccc(C(N)=O)cc2)CN2[C@H](C)CCC[C@@H]2C)cc1. The van der Waals surface area contributed by atoms with E-state index in [2.05, 4.69) is 23.5 Å². The number of nitrogens with zero attached hydrogens (tertiary/aromatic N) is 1. The Bertz CT molecular complexity index is 1030. The van der Waals surface area contributed by atoms with E-state index in [-0.39, 0.29) is 17.4 Å². The zero-order chi connectivity index (χ0) is 24.7. The van der Waals surface area contributed by atoms with E-state index < -0.39 is 15.9 Å². The lowest BCUT2D eigenvalue weighted by Gasteiger charge is -2.41. The van der Waals surface area contributed by atoms with Crippen molar-refractivity contribution in [1.29, 1.82) is 0 Å². The van der Waals surface area contributed by atoms with E-state index in [0.717, 1.165) is 12.8 Å². The molecule has 8 nitrogen and oxygen atoms in total. The number of nitrogens with one attached hydrogen (secondary N) is 1. The fourth-order valence-corrected chi connectivity index (χ4v) is 5.42. The summed E-state index contributed by atoms with van der Waals surface area (Å²) in [7, 11) is -2.14. The molecule has 0 radical (unpaired) electrons. The number of amides is 1. The van der Waals surface area contributed by atoms with Gasteiger partial charge in [-0.2, -0.15) is 0 Å². The van der Waals surface area contributed by atoms with Gasteiger partial charge in [0.25, 0.3) is 0 Å². The highest BCUT2D eigenvalue weighted by Gasteiger charge is 2.28. The van der Waals surface area contributed by atoms with Gasteiger partial charge < -0.3 is 15.2 Å². The quantitative estimate of drug-likeness (QED) is 0.502. The standard InChI is InChI=1S/C25H35N3O5S/c1-18-5-4-6-19(2)28(18)16-20(17-33-23-9-7-21(8-10-23)25(26)29)15-27-34(30,31)24-13-11-22(32-3)12-14-24/h7-14,18-20,27H,4-6,15-17H2,1-3H3,(H2,26,29)/t18-,19+,20-/m0/s1. The molecule has 1 aliphatic rings. The molecule has 0 spiro atoms. The number of ether oxygens (including phenoxy) is 2. The van der Waals surface area contributed by atoms with Crippen molar-refractivity contribution in [2.75, 3.05) is 26.8 Å². The summed E-state index contributed by atoms with van der Waals surface area (Å²) in [6.45, 7) is 5.73. The number of primary amides is 1. The lowest BCUT2D eigenvalue weighted by molar-refractivity contribution is 0.0724. The minimum atomic E-state index is -3.68. The number of methoxy groups -OCH3 is 1. The summed E-state index contributed by atoms with van der Waals surface area (Å²) in [4.78, 5) is 13.9. The van der Waals surface area contributed by atoms with Gasteiger partial charge in [-0.25, -0.2) is 13.1 Å².